The first-order valence-corrected chi connectivity index (χ1v) is 6.78. The summed E-state index contributed by atoms with van der Waals surface area (Å²) in [4.78, 5) is 11.2. The van der Waals surface area contributed by atoms with Crippen LogP contribution in [-0.4, -0.2) is 11.7 Å². The van der Waals surface area contributed by atoms with Crippen LogP contribution in [0.1, 0.15) is 24.5 Å². The first-order valence-electron chi connectivity index (χ1n) is 6.02. The predicted molar refractivity (Wildman–Crippen MR) is 75.7 cm³/mol. The second-order valence-electron chi connectivity index (χ2n) is 4.45. The third-order valence-electron chi connectivity index (χ3n) is 3.24. The van der Waals surface area contributed by atoms with Gasteiger partial charge in [0.2, 0.25) is 0 Å². The van der Waals surface area contributed by atoms with Gasteiger partial charge in [0.15, 0.2) is 0 Å². The number of rotatable bonds is 4. The minimum absolute atomic E-state index is 0.210. The van der Waals surface area contributed by atoms with Gasteiger partial charge < -0.3 is 15.7 Å². The van der Waals surface area contributed by atoms with E-state index in [0.717, 1.165) is 0 Å². The van der Waals surface area contributed by atoms with E-state index < -0.39 is 38.9 Å². The molecule has 0 saturated heterocycles. The second-order valence-corrected chi connectivity index (χ2v) is 5.26. The number of carboxylic acid groups (broad SMARTS) is 1. The Hall–Kier alpha value is -1.98. The molecule has 1 atom stereocenters. The Morgan fingerprint density at radius 2 is 1.87 bits per heavy atom. The van der Waals surface area contributed by atoms with Crippen molar-refractivity contribution in [3.8, 4) is 6.07 Å². The van der Waals surface area contributed by atoms with Crippen molar-refractivity contribution in [1.29, 1.82) is 5.26 Å². The molecule has 0 aliphatic rings. The van der Waals surface area contributed by atoms with Crippen LogP contribution < -0.4 is 10.9 Å². The number of nitriles is 1. The molecule has 10 heteroatoms. The highest BCUT2D eigenvalue weighted by Crippen LogP contribution is 2.42. The average molecular weight is 367 g/mol. The highest BCUT2D eigenvalue weighted by molar-refractivity contribution is 6.42. The minimum atomic E-state index is -4.72. The van der Waals surface area contributed by atoms with Gasteiger partial charge >= 0.3 is 6.18 Å². The van der Waals surface area contributed by atoms with Crippen LogP contribution in [0.2, 0.25) is 10.0 Å². The normalized spacial score (nSPS) is 14.9. The monoisotopic (exact) mass is 366 g/mol. The van der Waals surface area contributed by atoms with E-state index in [4.69, 9.17) is 29.0 Å². The van der Waals surface area contributed by atoms with Gasteiger partial charge in [-0.1, -0.05) is 30.1 Å². The standard InChI is InChI=1S/C13H10Cl2F3N3O2/c1-2-12(5-19,10(21-20)11(22)23)9-7(14)3-6(4-8(9)15)13(16,17)18/h3-4H,2,20H2,1H3,(H,22,23)/p-1. The van der Waals surface area contributed by atoms with Crippen LogP contribution in [0.25, 0.3) is 0 Å². The molecule has 23 heavy (non-hydrogen) atoms. The number of benzene rings is 1. The maximum absolute atomic E-state index is 12.8. The Kier molecular flexibility index (Phi) is 5.51. The van der Waals surface area contributed by atoms with Gasteiger partial charge in [0.05, 0.1) is 17.6 Å². The summed E-state index contributed by atoms with van der Waals surface area (Å²) in [5.41, 5.74) is -4.40. The zero-order valence-corrected chi connectivity index (χ0v) is 13.1. The molecule has 0 bridgehead atoms. The van der Waals surface area contributed by atoms with Crippen molar-refractivity contribution >= 4 is 34.9 Å². The number of hydrogen-bond acceptors (Lipinski definition) is 5. The molecule has 1 aromatic carbocycles. The van der Waals surface area contributed by atoms with E-state index in [0.29, 0.717) is 12.1 Å². The maximum Gasteiger partial charge on any atom is 0.416 e. The van der Waals surface area contributed by atoms with Crippen molar-refractivity contribution in [3.63, 3.8) is 0 Å². The number of carboxylic acids is 1. The SMILES string of the molecule is CCC(C#N)(C(=NN)C(=O)[O-])c1c(Cl)cc(C(F)(F)F)cc1Cl. The summed E-state index contributed by atoms with van der Waals surface area (Å²) in [7, 11) is 0. The first kappa shape index (κ1) is 19.1. The van der Waals surface area contributed by atoms with Crippen LogP contribution in [0.15, 0.2) is 17.2 Å². The van der Waals surface area contributed by atoms with E-state index in [1.807, 2.05) is 0 Å². The number of hydrogen-bond donors (Lipinski definition) is 1. The number of alkyl halides is 3. The summed E-state index contributed by atoms with van der Waals surface area (Å²) in [5, 5.41) is 22.6. The van der Waals surface area contributed by atoms with Gasteiger partial charge in [-0.25, -0.2) is 0 Å². The molecule has 0 aromatic heterocycles. The van der Waals surface area contributed by atoms with E-state index in [-0.39, 0.29) is 12.0 Å². The summed E-state index contributed by atoms with van der Waals surface area (Å²) >= 11 is 11.7. The van der Waals surface area contributed by atoms with Crippen molar-refractivity contribution in [2.24, 2.45) is 10.9 Å². The molecular weight excluding hydrogens is 358 g/mol. The third-order valence-corrected chi connectivity index (χ3v) is 3.84. The van der Waals surface area contributed by atoms with Gasteiger partial charge in [-0.15, -0.1) is 0 Å². The molecule has 2 N–H and O–H groups in total. The Morgan fingerprint density at radius 1 is 1.39 bits per heavy atom. The van der Waals surface area contributed by atoms with E-state index in [1.165, 1.54) is 6.92 Å². The summed E-state index contributed by atoms with van der Waals surface area (Å²) in [5.74, 6) is 3.14. The summed E-state index contributed by atoms with van der Waals surface area (Å²) < 4.78 is 38.3. The van der Waals surface area contributed by atoms with Gasteiger partial charge in [0, 0.05) is 15.6 Å². The van der Waals surface area contributed by atoms with E-state index in [2.05, 4.69) is 5.10 Å². The molecule has 0 saturated carbocycles. The number of hydrazone groups is 1. The van der Waals surface area contributed by atoms with Crippen LogP contribution in [0.5, 0.6) is 0 Å². The predicted octanol–water partition coefficient (Wildman–Crippen LogP) is 2.25. The highest BCUT2D eigenvalue weighted by atomic mass is 35.5. The molecule has 0 aliphatic heterocycles. The fourth-order valence-corrected chi connectivity index (χ4v) is 2.94. The molecule has 0 fully saturated rings. The molecule has 0 aliphatic carbocycles. The molecule has 124 valence electrons. The molecule has 0 spiro atoms. The average Bonchev–Trinajstić information content (AvgIpc) is 2.43. The largest absolute Gasteiger partial charge is 0.543 e. The molecule has 0 amide bonds. The third kappa shape index (κ3) is 3.35. The van der Waals surface area contributed by atoms with Gasteiger partial charge in [0.1, 0.15) is 11.1 Å². The van der Waals surface area contributed by atoms with Crippen LogP contribution in [0, 0.1) is 11.3 Å². The zero-order valence-electron chi connectivity index (χ0n) is 11.5. The van der Waals surface area contributed by atoms with Crippen LogP contribution in [0.4, 0.5) is 13.2 Å². The molecule has 1 rings (SSSR count). The fraction of sp³-hybridized carbons (Fsp3) is 0.308. The van der Waals surface area contributed by atoms with Crippen molar-refractivity contribution in [1.82, 2.24) is 0 Å². The number of nitrogens with zero attached hydrogens (tertiary/aromatic N) is 2. The van der Waals surface area contributed by atoms with Crippen molar-refractivity contribution < 1.29 is 23.1 Å². The van der Waals surface area contributed by atoms with Crippen LogP contribution in [0.3, 0.4) is 0 Å². The molecule has 0 heterocycles. The van der Waals surface area contributed by atoms with Gasteiger partial charge in [-0.3, -0.25) is 0 Å². The van der Waals surface area contributed by atoms with E-state index >= 15 is 0 Å². The van der Waals surface area contributed by atoms with Crippen molar-refractivity contribution in [2.45, 2.75) is 24.9 Å². The van der Waals surface area contributed by atoms with Gasteiger partial charge in [-0.05, 0) is 18.6 Å². The van der Waals surface area contributed by atoms with Gasteiger partial charge in [0.25, 0.3) is 0 Å². The second kappa shape index (κ2) is 6.64. The first-order chi connectivity index (χ1) is 10.5. The zero-order chi connectivity index (χ0) is 18.0. The molecule has 0 radical (unpaired) electrons. The quantitative estimate of drug-likeness (QED) is 0.501. The number of halogens is 5. The summed E-state index contributed by atoms with van der Waals surface area (Å²) in [6.45, 7) is 1.40. The molecular formula is C13H9Cl2F3N3O2-. The summed E-state index contributed by atoms with van der Waals surface area (Å²) in [6.07, 6.45) is -4.93. The lowest BCUT2D eigenvalue weighted by Gasteiger charge is -2.29. The number of nitrogens with two attached hydrogens (primary N) is 1. The summed E-state index contributed by atoms with van der Waals surface area (Å²) in [6, 6.07) is 2.77. The van der Waals surface area contributed by atoms with Crippen molar-refractivity contribution in [2.75, 3.05) is 0 Å². The van der Waals surface area contributed by atoms with Gasteiger partial charge in [-0.2, -0.15) is 23.5 Å². The van der Waals surface area contributed by atoms with Crippen molar-refractivity contribution in [3.05, 3.63) is 33.3 Å². The van der Waals surface area contributed by atoms with Crippen LogP contribution >= 0.6 is 23.2 Å². The lowest BCUT2D eigenvalue weighted by atomic mass is 9.74. The van der Waals surface area contributed by atoms with Crippen LogP contribution in [-0.2, 0) is 16.4 Å². The minimum Gasteiger partial charge on any atom is -0.543 e. The smallest absolute Gasteiger partial charge is 0.416 e. The number of carbonyl (C=O) groups is 1. The maximum atomic E-state index is 12.8. The molecule has 5 nitrogen and oxygen atoms in total. The highest BCUT2D eigenvalue weighted by Gasteiger charge is 2.42. The Morgan fingerprint density at radius 3 is 2.13 bits per heavy atom. The number of carbonyl (C=O) groups excluding carboxylic acids is 1. The Balaban J connectivity index is 3.78. The number of aliphatic carboxylic acids is 1. The molecule has 1 unspecified atom stereocenters. The molecule has 1 aromatic rings. The lowest BCUT2D eigenvalue weighted by molar-refractivity contribution is -0.294. The van der Waals surface area contributed by atoms with E-state index in [9.17, 15) is 28.3 Å². The lowest BCUT2D eigenvalue weighted by Crippen LogP contribution is -2.47. The topological polar surface area (TPSA) is 102 Å². The fourth-order valence-electron chi connectivity index (χ4n) is 2.13. The Bertz CT molecular complexity index is 690. The Labute approximate surface area is 139 Å². The van der Waals surface area contributed by atoms with E-state index in [1.54, 1.807) is 6.07 Å².